The predicted molar refractivity (Wildman–Crippen MR) is 97.8 cm³/mol. The molecule has 0 saturated heterocycles. The Balaban J connectivity index is 1.66. The second-order valence-electron chi connectivity index (χ2n) is 6.24. The minimum absolute atomic E-state index is 0.416. The first-order valence-corrected chi connectivity index (χ1v) is 8.37. The van der Waals surface area contributed by atoms with Gasteiger partial charge in [-0.25, -0.2) is 4.98 Å². The zero-order valence-electron chi connectivity index (χ0n) is 14.4. The number of para-hydroxylation sites is 2. The van der Waals surface area contributed by atoms with E-state index < -0.39 is 0 Å². The minimum atomic E-state index is 0.416. The number of benzene rings is 2. The fourth-order valence-corrected chi connectivity index (χ4v) is 3.07. The molecule has 4 aromatic rings. The molecule has 4 nitrogen and oxygen atoms in total. The first kappa shape index (κ1) is 15.5. The molecule has 0 aliphatic carbocycles. The first-order valence-electron chi connectivity index (χ1n) is 8.37. The molecule has 0 fully saturated rings. The van der Waals surface area contributed by atoms with E-state index in [1.165, 1.54) is 5.56 Å². The van der Waals surface area contributed by atoms with Crippen molar-refractivity contribution in [3.05, 3.63) is 83.6 Å². The second kappa shape index (κ2) is 6.48. The zero-order chi connectivity index (χ0) is 17.2. The van der Waals surface area contributed by atoms with Gasteiger partial charge in [-0.3, -0.25) is 0 Å². The highest BCUT2D eigenvalue weighted by atomic mass is 16.5. The van der Waals surface area contributed by atoms with Gasteiger partial charge in [0.2, 0.25) is 0 Å². The van der Waals surface area contributed by atoms with Crippen molar-refractivity contribution in [1.29, 1.82) is 0 Å². The van der Waals surface area contributed by atoms with Crippen LogP contribution in [0.2, 0.25) is 0 Å². The lowest BCUT2D eigenvalue weighted by Crippen LogP contribution is -2.08. The molecule has 0 saturated carbocycles. The summed E-state index contributed by atoms with van der Waals surface area (Å²) in [5.41, 5.74) is 4.41. The number of ether oxygens (including phenoxy) is 1. The molecular weight excluding hydrogens is 312 g/mol. The smallest absolute Gasteiger partial charge is 0.148 e. The molecule has 0 amide bonds. The Morgan fingerprint density at radius 1 is 1.04 bits per heavy atom. The maximum atomic E-state index is 6.05. The number of rotatable bonds is 5. The quantitative estimate of drug-likeness (QED) is 0.523. The van der Waals surface area contributed by atoms with Crippen LogP contribution in [0.25, 0.3) is 11.0 Å². The van der Waals surface area contributed by atoms with Gasteiger partial charge in [-0.1, -0.05) is 29.8 Å². The summed E-state index contributed by atoms with van der Waals surface area (Å²) in [7, 11) is 0. The number of fused-ring (bicyclic) bond motifs is 1. The van der Waals surface area contributed by atoms with Crippen LogP contribution >= 0.6 is 0 Å². The Morgan fingerprint density at radius 2 is 1.92 bits per heavy atom. The van der Waals surface area contributed by atoms with Crippen LogP contribution in [0, 0.1) is 13.8 Å². The van der Waals surface area contributed by atoms with Crippen LogP contribution in [0.1, 0.15) is 22.7 Å². The number of nitrogens with zero attached hydrogens (tertiary/aromatic N) is 2. The summed E-state index contributed by atoms with van der Waals surface area (Å²) in [4.78, 5) is 4.75. The molecule has 4 rings (SSSR count). The Kier molecular flexibility index (Phi) is 4.02. The number of hydrogen-bond donors (Lipinski definition) is 0. The van der Waals surface area contributed by atoms with Crippen molar-refractivity contribution in [2.45, 2.75) is 27.0 Å². The SMILES string of the molecule is Cc1ccc(OCc2nc3ccccc3n2Cc2ccco2)c(C)c1. The lowest BCUT2D eigenvalue weighted by molar-refractivity contribution is 0.288. The van der Waals surface area contributed by atoms with Crippen LogP contribution in [-0.2, 0) is 13.2 Å². The Hall–Kier alpha value is -3.01. The van der Waals surface area contributed by atoms with Gasteiger partial charge in [0.05, 0.1) is 23.8 Å². The Morgan fingerprint density at radius 3 is 2.72 bits per heavy atom. The fraction of sp³-hybridized carbons (Fsp3) is 0.190. The zero-order valence-corrected chi connectivity index (χ0v) is 14.4. The molecule has 0 spiro atoms. The fourth-order valence-electron chi connectivity index (χ4n) is 3.07. The van der Waals surface area contributed by atoms with Crippen molar-refractivity contribution in [3.8, 4) is 5.75 Å². The average molecular weight is 332 g/mol. The summed E-state index contributed by atoms with van der Waals surface area (Å²) >= 11 is 0. The predicted octanol–water partition coefficient (Wildman–Crippen LogP) is 4.87. The first-order chi connectivity index (χ1) is 12.2. The van der Waals surface area contributed by atoms with E-state index in [9.17, 15) is 0 Å². The van der Waals surface area contributed by atoms with Crippen molar-refractivity contribution >= 4 is 11.0 Å². The summed E-state index contributed by atoms with van der Waals surface area (Å²) in [6.45, 7) is 5.20. The van der Waals surface area contributed by atoms with Gasteiger partial charge < -0.3 is 13.7 Å². The molecule has 0 bridgehead atoms. The van der Waals surface area contributed by atoms with E-state index in [4.69, 9.17) is 14.1 Å². The summed E-state index contributed by atoms with van der Waals surface area (Å²) < 4.78 is 13.7. The minimum Gasteiger partial charge on any atom is -0.485 e. The van der Waals surface area contributed by atoms with E-state index >= 15 is 0 Å². The van der Waals surface area contributed by atoms with E-state index in [1.54, 1.807) is 6.26 Å². The van der Waals surface area contributed by atoms with Gasteiger partial charge in [0.15, 0.2) is 0 Å². The molecule has 0 aliphatic heterocycles. The maximum absolute atomic E-state index is 6.05. The van der Waals surface area contributed by atoms with Crippen LogP contribution in [0.15, 0.2) is 65.3 Å². The van der Waals surface area contributed by atoms with E-state index in [0.717, 1.165) is 33.9 Å². The van der Waals surface area contributed by atoms with Gasteiger partial charge in [-0.2, -0.15) is 0 Å². The van der Waals surface area contributed by atoms with Gasteiger partial charge in [0, 0.05) is 0 Å². The molecule has 4 heteroatoms. The molecule has 2 heterocycles. The molecule has 126 valence electrons. The van der Waals surface area contributed by atoms with Crippen LogP contribution < -0.4 is 4.74 Å². The highest BCUT2D eigenvalue weighted by Gasteiger charge is 2.13. The number of imidazole rings is 1. The third kappa shape index (κ3) is 3.15. The summed E-state index contributed by atoms with van der Waals surface area (Å²) in [5.74, 6) is 2.68. The van der Waals surface area contributed by atoms with Crippen LogP contribution in [0.4, 0.5) is 0 Å². The number of aromatic nitrogens is 2. The molecule has 0 atom stereocenters. The number of furan rings is 1. The summed E-state index contributed by atoms with van der Waals surface area (Å²) in [5, 5.41) is 0. The lowest BCUT2D eigenvalue weighted by Gasteiger charge is -2.11. The molecule has 0 aliphatic rings. The van der Waals surface area contributed by atoms with Gasteiger partial charge in [-0.05, 0) is 49.7 Å². The van der Waals surface area contributed by atoms with Crippen molar-refractivity contribution in [2.75, 3.05) is 0 Å². The van der Waals surface area contributed by atoms with Crippen molar-refractivity contribution in [1.82, 2.24) is 9.55 Å². The van der Waals surface area contributed by atoms with Crippen molar-refractivity contribution < 1.29 is 9.15 Å². The van der Waals surface area contributed by atoms with E-state index in [-0.39, 0.29) is 0 Å². The third-order valence-electron chi connectivity index (χ3n) is 4.31. The molecule has 0 N–H and O–H groups in total. The van der Waals surface area contributed by atoms with Crippen LogP contribution in [0.5, 0.6) is 5.75 Å². The highest BCUT2D eigenvalue weighted by molar-refractivity contribution is 5.76. The summed E-state index contributed by atoms with van der Waals surface area (Å²) in [6.07, 6.45) is 1.69. The van der Waals surface area contributed by atoms with Crippen molar-refractivity contribution in [3.63, 3.8) is 0 Å². The average Bonchev–Trinajstić information content (AvgIpc) is 3.23. The van der Waals surface area contributed by atoms with E-state index in [0.29, 0.717) is 13.2 Å². The molecule has 0 unspecified atom stereocenters. The topological polar surface area (TPSA) is 40.2 Å². The largest absolute Gasteiger partial charge is 0.485 e. The molecule has 2 aromatic heterocycles. The van der Waals surface area contributed by atoms with E-state index in [2.05, 4.69) is 36.6 Å². The van der Waals surface area contributed by atoms with Crippen molar-refractivity contribution in [2.24, 2.45) is 0 Å². The van der Waals surface area contributed by atoms with E-state index in [1.807, 2.05) is 36.4 Å². The van der Waals surface area contributed by atoms with Crippen LogP contribution in [-0.4, -0.2) is 9.55 Å². The molecule has 0 radical (unpaired) electrons. The Labute approximate surface area is 146 Å². The monoisotopic (exact) mass is 332 g/mol. The van der Waals surface area contributed by atoms with Gasteiger partial charge in [-0.15, -0.1) is 0 Å². The highest BCUT2D eigenvalue weighted by Crippen LogP contribution is 2.22. The Bertz CT molecular complexity index is 1000. The molecule has 2 aromatic carbocycles. The molecular formula is C21H20N2O2. The van der Waals surface area contributed by atoms with Gasteiger partial charge in [0.1, 0.15) is 23.9 Å². The normalized spacial score (nSPS) is 11.1. The number of aryl methyl sites for hydroxylation is 2. The standard InChI is InChI=1S/C21H20N2O2/c1-15-9-10-20(16(2)12-15)25-14-21-22-18-7-3-4-8-19(18)23(21)13-17-6-5-11-24-17/h3-12H,13-14H2,1-2H3. The van der Waals surface area contributed by atoms with Gasteiger partial charge in [0.25, 0.3) is 0 Å². The number of hydrogen-bond acceptors (Lipinski definition) is 3. The molecule has 25 heavy (non-hydrogen) atoms. The second-order valence-corrected chi connectivity index (χ2v) is 6.24. The third-order valence-corrected chi connectivity index (χ3v) is 4.31. The summed E-state index contributed by atoms with van der Waals surface area (Å²) in [6, 6.07) is 18.2. The lowest BCUT2D eigenvalue weighted by atomic mass is 10.1. The maximum Gasteiger partial charge on any atom is 0.148 e. The van der Waals surface area contributed by atoms with Crippen LogP contribution in [0.3, 0.4) is 0 Å². The van der Waals surface area contributed by atoms with Gasteiger partial charge >= 0.3 is 0 Å².